The van der Waals surface area contributed by atoms with E-state index in [9.17, 15) is 5.11 Å². The van der Waals surface area contributed by atoms with Crippen LogP contribution in [0.2, 0.25) is 0 Å². The maximum Gasteiger partial charge on any atom is 0.0746 e. The van der Waals surface area contributed by atoms with Crippen molar-refractivity contribution >= 4 is 0 Å². The van der Waals surface area contributed by atoms with Crippen LogP contribution in [0.25, 0.3) is 0 Å². The van der Waals surface area contributed by atoms with Crippen LogP contribution >= 0.6 is 0 Å². The van der Waals surface area contributed by atoms with Crippen molar-refractivity contribution in [1.82, 2.24) is 4.90 Å². The van der Waals surface area contributed by atoms with Gasteiger partial charge in [-0.2, -0.15) is 0 Å². The van der Waals surface area contributed by atoms with Gasteiger partial charge in [0, 0.05) is 12.1 Å². The Labute approximate surface area is 106 Å². The fourth-order valence-corrected chi connectivity index (χ4v) is 3.88. The molecule has 1 heterocycles. The summed E-state index contributed by atoms with van der Waals surface area (Å²) in [6.45, 7) is 10.3. The quantitative estimate of drug-likeness (QED) is 0.800. The first-order valence-corrected chi connectivity index (χ1v) is 7.37. The SMILES string of the molecule is CC(C)C1CCCN1C1CCCC(C)(C)C1O. The van der Waals surface area contributed by atoms with Gasteiger partial charge in [-0.25, -0.2) is 0 Å². The fraction of sp³-hybridized carbons (Fsp3) is 1.00. The molecular formula is C15H29NO. The largest absolute Gasteiger partial charge is 0.391 e. The van der Waals surface area contributed by atoms with Crippen LogP contribution in [-0.2, 0) is 0 Å². The van der Waals surface area contributed by atoms with E-state index in [1.165, 1.54) is 38.6 Å². The predicted molar refractivity (Wildman–Crippen MR) is 72.0 cm³/mol. The molecule has 1 saturated heterocycles. The monoisotopic (exact) mass is 239 g/mol. The average Bonchev–Trinajstić information content (AvgIpc) is 2.70. The third-order valence-electron chi connectivity index (χ3n) is 5.02. The van der Waals surface area contributed by atoms with Crippen LogP contribution in [0.1, 0.15) is 59.8 Å². The van der Waals surface area contributed by atoms with Gasteiger partial charge in [0.2, 0.25) is 0 Å². The first kappa shape index (κ1) is 13.4. The third kappa shape index (κ3) is 2.53. The van der Waals surface area contributed by atoms with Crippen LogP contribution in [0.5, 0.6) is 0 Å². The van der Waals surface area contributed by atoms with Crippen molar-refractivity contribution in [2.24, 2.45) is 11.3 Å². The lowest BCUT2D eigenvalue weighted by atomic mass is 9.72. The molecule has 2 rings (SSSR count). The second kappa shape index (κ2) is 4.89. The molecule has 0 aromatic carbocycles. The molecule has 0 bridgehead atoms. The first-order valence-electron chi connectivity index (χ1n) is 7.37. The van der Waals surface area contributed by atoms with Gasteiger partial charge in [-0.15, -0.1) is 0 Å². The van der Waals surface area contributed by atoms with Crippen molar-refractivity contribution < 1.29 is 5.11 Å². The minimum atomic E-state index is -0.143. The van der Waals surface area contributed by atoms with Crippen LogP contribution in [0.3, 0.4) is 0 Å². The summed E-state index contributed by atoms with van der Waals surface area (Å²) < 4.78 is 0. The second-order valence-electron chi connectivity index (χ2n) is 7.08. The smallest absolute Gasteiger partial charge is 0.0746 e. The summed E-state index contributed by atoms with van der Waals surface area (Å²) in [5, 5.41) is 10.6. The standard InChI is InChI=1S/C15H29NO/c1-11(2)12-8-6-10-16(12)13-7-5-9-15(3,4)14(13)17/h11-14,17H,5-10H2,1-4H3. The minimum Gasteiger partial charge on any atom is -0.391 e. The molecule has 1 saturated carbocycles. The van der Waals surface area contributed by atoms with E-state index >= 15 is 0 Å². The van der Waals surface area contributed by atoms with Crippen LogP contribution in [0.15, 0.2) is 0 Å². The molecule has 0 spiro atoms. The Hall–Kier alpha value is -0.0800. The molecule has 2 fully saturated rings. The molecule has 2 nitrogen and oxygen atoms in total. The average molecular weight is 239 g/mol. The van der Waals surface area contributed by atoms with E-state index in [1.807, 2.05) is 0 Å². The molecule has 3 unspecified atom stereocenters. The molecule has 0 radical (unpaired) electrons. The Kier molecular flexibility index (Phi) is 3.84. The Morgan fingerprint density at radius 2 is 1.88 bits per heavy atom. The number of hydrogen-bond acceptors (Lipinski definition) is 2. The van der Waals surface area contributed by atoms with Gasteiger partial charge >= 0.3 is 0 Å². The van der Waals surface area contributed by atoms with Gasteiger partial charge in [-0.1, -0.05) is 34.1 Å². The zero-order valence-corrected chi connectivity index (χ0v) is 11.9. The molecule has 0 aromatic rings. The van der Waals surface area contributed by atoms with E-state index in [2.05, 4.69) is 32.6 Å². The molecule has 3 atom stereocenters. The van der Waals surface area contributed by atoms with Crippen LogP contribution in [-0.4, -0.2) is 34.7 Å². The Morgan fingerprint density at radius 3 is 2.53 bits per heavy atom. The maximum absolute atomic E-state index is 10.6. The van der Waals surface area contributed by atoms with E-state index in [1.54, 1.807) is 0 Å². The van der Waals surface area contributed by atoms with Crippen molar-refractivity contribution in [2.75, 3.05) is 6.54 Å². The Balaban J connectivity index is 2.10. The summed E-state index contributed by atoms with van der Waals surface area (Å²) in [5.74, 6) is 0.717. The van der Waals surface area contributed by atoms with Crippen LogP contribution in [0, 0.1) is 11.3 Å². The van der Waals surface area contributed by atoms with E-state index in [4.69, 9.17) is 0 Å². The van der Waals surface area contributed by atoms with Gasteiger partial charge in [-0.05, 0) is 43.6 Å². The van der Waals surface area contributed by atoms with E-state index < -0.39 is 0 Å². The van der Waals surface area contributed by atoms with Crippen LogP contribution < -0.4 is 0 Å². The Bertz CT molecular complexity index is 262. The molecule has 1 aliphatic heterocycles. The number of likely N-dealkylation sites (tertiary alicyclic amines) is 1. The summed E-state index contributed by atoms with van der Waals surface area (Å²) in [7, 11) is 0. The number of hydrogen-bond donors (Lipinski definition) is 1. The number of rotatable bonds is 2. The van der Waals surface area contributed by atoms with Gasteiger partial charge in [0.05, 0.1) is 6.10 Å². The molecule has 0 amide bonds. The highest BCUT2D eigenvalue weighted by molar-refractivity contribution is 4.97. The molecule has 1 N–H and O–H groups in total. The molecule has 2 aliphatic rings. The summed E-state index contributed by atoms with van der Waals surface area (Å²) in [6.07, 6.45) is 6.12. The van der Waals surface area contributed by atoms with E-state index in [-0.39, 0.29) is 11.5 Å². The molecule has 2 heteroatoms. The second-order valence-corrected chi connectivity index (χ2v) is 7.08. The van der Waals surface area contributed by atoms with Crippen molar-refractivity contribution in [3.63, 3.8) is 0 Å². The summed E-state index contributed by atoms with van der Waals surface area (Å²) in [6, 6.07) is 1.11. The Morgan fingerprint density at radius 1 is 1.18 bits per heavy atom. The topological polar surface area (TPSA) is 23.5 Å². The van der Waals surface area contributed by atoms with Gasteiger partial charge in [0.25, 0.3) is 0 Å². The van der Waals surface area contributed by atoms with Gasteiger partial charge in [0.1, 0.15) is 0 Å². The number of aliphatic hydroxyl groups excluding tert-OH is 1. The molecule has 0 aromatic heterocycles. The lowest BCUT2D eigenvalue weighted by Crippen LogP contribution is -2.54. The third-order valence-corrected chi connectivity index (χ3v) is 5.02. The zero-order valence-electron chi connectivity index (χ0n) is 11.9. The predicted octanol–water partition coefficient (Wildman–Crippen LogP) is 3.05. The molecular weight excluding hydrogens is 210 g/mol. The fourth-order valence-electron chi connectivity index (χ4n) is 3.88. The lowest BCUT2D eigenvalue weighted by molar-refractivity contribution is -0.0649. The normalized spacial score (nSPS) is 38.8. The van der Waals surface area contributed by atoms with Crippen molar-refractivity contribution in [3.05, 3.63) is 0 Å². The zero-order chi connectivity index (χ0) is 12.6. The van der Waals surface area contributed by atoms with Crippen molar-refractivity contribution in [2.45, 2.75) is 78.0 Å². The van der Waals surface area contributed by atoms with Crippen LogP contribution in [0.4, 0.5) is 0 Å². The highest BCUT2D eigenvalue weighted by atomic mass is 16.3. The van der Waals surface area contributed by atoms with Gasteiger partial charge < -0.3 is 5.11 Å². The molecule has 1 aliphatic carbocycles. The van der Waals surface area contributed by atoms with Gasteiger partial charge in [0.15, 0.2) is 0 Å². The summed E-state index contributed by atoms with van der Waals surface area (Å²) in [4.78, 5) is 2.62. The maximum atomic E-state index is 10.6. The summed E-state index contributed by atoms with van der Waals surface area (Å²) in [5.41, 5.74) is 0.104. The number of nitrogens with zero attached hydrogens (tertiary/aromatic N) is 1. The van der Waals surface area contributed by atoms with Crippen molar-refractivity contribution in [1.29, 1.82) is 0 Å². The highest BCUT2D eigenvalue weighted by Crippen LogP contribution is 2.40. The van der Waals surface area contributed by atoms with E-state index in [0.29, 0.717) is 12.1 Å². The summed E-state index contributed by atoms with van der Waals surface area (Å²) >= 11 is 0. The van der Waals surface area contributed by atoms with Gasteiger partial charge in [-0.3, -0.25) is 4.90 Å². The number of aliphatic hydroxyl groups is 1. The lowest BCUT2D eigenvalue weighted by Gasteiger charge is -2.47. The first-order chi connectivity index (χ1) is 7.93. The molecule has 17 heavy (non-hydrogen) atoms. The highest BCUT2D eigenvalue weighted by Gasteiger charge is 2.43. The van der Waals surface area contributed by atoms with E-state index in [0.717, 1.165) is 5.92 Å². The molecule has 100 valence electrons. The van der Waals surface area contributed by atoms with Crippen molar-refractivity contribution in [3.8, 4) is 0 Å². The minimum absolute atomic E-state index is 0.104.